The number of likely N-dealkylation sites (N-methyl/N-ethyl adjacent to an activating group) is 1. The zero-order chi connectivity index (χ0) is 19.4. The minimum absolute atomic E-state index is 0.0261. The number of thiocarbonyl (C=S) groups is 1. The van der Waals surface area contributed by atoms with Gasteiger partial charge in [0, 0.05) is 23.5 Å². The first-order valence-electron chi connectivity index (χ1n) is 9.17. The van der Waals surface area contributed by atoms with Gasteiger partial charge in [-0.2, -0.15) is 5.10 Å². The third kappa shape index (κ3) is 4.37. The van der Waals surface area contributed by atoms with Crippen molar-refractivity contribution in [2.24, 2.45) is 5.10 Å². The molecular formula is C22H26N4S. The third-order valence-electron chi connectivity index (χ3n) is 4.73. The molecule has 0 aliphatic carbocycles. The van der Waals surface area contributed by atoms with Gasteiger partial charge in [-0.05, 0) is 75.3 Å². The van der Waals surface area contributed by atoms with Crippen molar-refractivity contribution in [1.29, 1.82) is 0 Å². The first kappa shape index (κ1) is 19.1. The van der Waals surface area contributed by atoms with Gasteiger partial charge in [0.25, 0.3) is 0 Å². The smallest absolute Gasteiger partial charge is 0.191 e. The molecule has 140 valence electrons. The maximum atomic E-state index is 5.27. The largest absolute Gasteiger partial charge is 0.363 e. The lowest BCUT2D eigenvalue weighted by atomic mass is 9.88. The van der Waals surface area contributed by atoms with Gasteiger partial charge in [0.15, 0.2) is 5.11 Å². The SMILES string of the molecule is CCN1c2ccc(/C=N/NC(=S)Nc3ccccc3)cc2C(C)=CC1(C)C. The summed E-state index contributed by atoms with van der Waals surface area (Å²) in [7, 11) is 0. The molecule has 5 heteroatoms. The summed E-state index contributed by atoms with van der Waals surface area (Å²) in [5, 5.41) is 7.83. The number of nitrogens with zero attached hydrogens (tertiary/aromatic N) is 2. The first-order chi connectivity index (χ1) is 12.9. The standard InChI is InChI=1S/C22H26N4S/c1-5-26-20-12-11-17(13-19(20)16(2)14-22(26,3)4)15-23-25-21(27)24-18-9-7-6-8-10-18/h6-15H,5H2,1-4H3,(H2,24,25,27)/b23-15+. The van der Waals surface area contributed by atoms with Crippen LogP contribution in [0, 0.1) is 0 Å². The summed E-state index contributed by atoms with van der Waals surface area (Å²) < 4.78 is 0. The molecule has 2 aromatic carbocycles. The molecule has 0 saturated carbocycles. The molecule has 0 fully saturated rings. The molecule has 0 spiro atoms. The van der Waals surface area contributed by atoms with E-state index in [0.29, 0.717) is 5.11 Å². The summed E-state index contributed by atoms with van der Waals surface area (Å²) >= 11 is 5.27. The van der Waals surface area contributed by atoms with E-state index >= 15 is 0 Å². The Bertz CT molecular complexity index is 884. The molecular weight excluding hydrogens is 352 g/mol. The Balaban J connectivity index is 1.71. The van der Waals surface area contributed by atoms with Crippen molar-refractivity contribution in [1.82, 2.24) is 5.43 Å². The van der Waals surface area contributed by atoms with Gasteiger partial charge in [-0.3, -0.25) is 5.43 Å². The van der Waals surface area contributed by atoms with E-state index in [9.17, 15) is 0 Å². The summed E-state index contributed by atoms with van der Waals surface area (Å²) in [6, 6.07) is 16.2. The molecule has 27 heavy (non-hydrogen) atoms. The molecule has 3 rings (SSSR count). The van der Waals surface area contributed by atoms with Gasteiger partial charge in [0.2, 0.25) is 0 Å². The van der Waals surface area contributed by atoms with Crippen LogP contribution in [-0.2, 0) is 0 Å². The van der Waals surface area contributed by atoms with Crippen molar-refractivity contribution in [2.75, 3.05) is 16.8 Å². The molecule has 1 aliphatic rings. The van der Waals surface area contributed by atoms with Crippen molar-refractivity contribution >= 4 is 40.5 Å². The molecule has 0 amide bonds. The quantitative estimate of drug-likeness (QED) is 0.445. The van der Waals surface area contributed by atoms with Crippen molar-refractivity contribution in [3.05, 3.63) is 65.7 Å². The number of anilines is 2. The van der Waals surface area contributed by atoms with E-state index in [4.69, 9.17) is 12.2 Å². The number of rotatable bonds is 4. The van der Waals surface area contributed by atoms with Crippen LogP contribution in [-0.4, -0.2) is 23.4 Å². The number of para-hydroxylation sites is 1. The topological polar surface area (TPSA) is 39.7 Å². The number of hydrogen-bond donors (Lipinski definition) is 2. The van der Waals surface area contributed by atoms with Gasteiger partial charge in [0.1, 0.15) is 0 Å². The Morgan fingerprint density at radius 3 is 2.63 bits per heavy atom. The Morgan fingerprint density at radius 1 is 1.19 bits per heavy atom. The van der Waals surface area contributed by atoms with Gasteiger partial charge in [-0.25, -0.2) is 0 Å². The molecule has 0 unspecified atom stereocenters. The third-order valence-corrected chi connectivity index (χ3v) is 4.92. The van der Waals surface area contributed by atoms with Crippen LogP contribution in [0.5, 0.6) is 0 Å². The lowest BCUT2D eigenvalue weighted by Gasteiger charge is -2.42. The zero-order valence-electron chi connectivity index (χ0n) is 16.3. The molecule has 0 bridgehead atoms. The summed E-state index contributed by atoms with van der Waals surface area (Å²) in [5.41, 5.74) is 8.68. The Morgan fingerprint density at radius 2 is 1.93 bits per heavy atom. The number of hydrogen-bond acceptors (Lipinski definition) is 3. The molecule has 0 atom stereocenters. The van der Waals surface area contributed by atoms with E-state index in [0.717, 1.165) is 17.8 Å². The van der Waals surface area contributed by atoms with E-state index in [1.165, 1.54) is 16.8 Å². The molecule has 2 N–H and O–H groups in total. The zero-order valence-corrected chi connectivity index (χ0v) is 17.1. The van der Waals surface area contributed by atoms with Crippen LogP contribution in [0.25, 0.3) is 5.57 Å². The minimum Gasteiger partial charge on any atom is -0.363 e. The van der Waals surface area contributed by atoms with E-state index < -0.39 is 0 Å². The van der Waals surface area contributed by atoms with Crippen LogP contribution in [0.4, 0.5) is 11.4 Å². The van der Waals surface area contributed by atoms with Crippen molar-refractivity contribution in [3.63, 3.8) is 0 Å². The number of benzene rings is 2. The number of nitrogens with one attached hydrogen (secondary N) is 2. The molecule has 1 aliphatic heterocycles. The van der Waals surface area contributed by atoms with Gasteiger partial charge < -0.3 is 10.2 Å². The summed E-state index contributed by atoms with van der Waals surface area (Å²) in [5.74, 6) is 0. The normalized spacial score (nSPS) is 15.3. The molecule has 0 aromatic heterocycles. The van der Waals surface area contributed by atoms with Gasteiger partial charge in [-0.15, -0.1) is 0 Å². The van der Waals surface area contributed by atoms with Crippen LogP contribution >= 0.6 is 12.2 Å². The monoisotopic (exact) mass is 378 g/mol. The number of allylic oxidation sites excluding steroid dienone is 1. The second-order valence-electron chi connectivity index (χ2n) is 7.19. The highest BCUT2D eigenvalue weighted by Crippen LogP contribution is 2.38. The molecule has 0 saturated heterocycles. The van der Waals surface area contributed by atoms with Gasteiger partial charge in [-0.1, -0.05) is 30.3 Å². The second kappa shape index (κ2) is 7.92. The average molecular weight is 379 g/mol. The highest BCUT2D eigenvalue weighted by molar-refractivity contribution is 7.80. The van der Waals surface area contributed by atoms with Crippen molar-refractivity contribution < 1.29 is 0 Å². The average Bonchev–Trinajstić information content (AvgIpc) is 2.62. The van der Waals surface area contributed by atoms with E-state index in [2.05, 4.69) is 72.7 Å². The van der Waals surface area contributed by atoms with E-state index in [1.807, 2.05) is 30.3 Å². The highest BCUT2D eigenvalue weighted by atomic mass is 32.1. The molecule has 4 nitrogen and oxygen atoms in total. The van der Waals surface area contributed by atoms with Crippen molar-refractivity contribution in [2.45, 2.75) is 33.2 Å². The number of fused-ring (bicyclic) bond motifs is 1. The summed E-state index contributed by atoms with van der Waals surface area (Å²) in [6.07, 6.45) is 4.12. The summed E-state index contributed by atoms with van der Waals surface area (Å²) in [4.78, 5) is 2.42. The van der Waals surface area contributed by atoms with Crippen LogP contribution in [0.15, 0.2) is 59.7 Å². The van der Waals surface area contributed by atoms with E-state index in [1.54, 1.807) is 6.21 Å². The first-order valence-corrected chi connectivity index (χ1v) is 9.58. The lowest BCUT2D eigenvalue weighted by molar-refractivity contribution is 0.566. The number of hydrazone groups is 1. The van der Waals surface area contributed by atoms with Gasteiger partial charge >= 0.3 is 0 Å². The van der Waals surface area contributed by atoms with Crippen LogP contribution in [0.2, 0.25) is 0 Å². The van der Waals surface area contributed by atoms with E-state index in [-0.39, 0.29) is 5.54 Å². The van der Waals surface area contributed by atoms with Crippen LogP contribution < -0.4 is 15.6 Å². The van der Waals surface area contributed by atoms with Crippen molar-refractivity contribution in [3.8, 4) is 0 Å². The fraction of sp³-hybridized carbons (Fsp3) is 0.273. The minimum atomic E-state index is 0.0261. The Kier molecular flexibility index (Phi) is 5.61. The predicted molar refractivity (Wildman–Crippen MR) is 121 cm³/mol. The lowest BCUT2D eigenvalue weighted by Crippen LogP contribution is -2.44. The fourth-order valence-corrected chi connectivity index (χ4v) is 3.78. The molecule has 1 heterocycles. The van der Waals surface area contributed by atoms with Gasteiger partial charge in [0.05, 0.1) is 11.8 Å². The second-order valence-corrected chi connectivity index (χ2v) is 7.60. The fourth-order valence-electron chi connectivity index (χ4n) is 3.60. The predicted octanol–water partition coefficient (Wildman–Crippen LogP) is 5.03. The highest BCUT2D eigenvalue weighted by Gasteiger charge is 2.29. The van der Waals surface area contributed by atoms with Crippen LogP contribution in [0.1, 0.15) is 38.8 Å². The maximum Gasteiger partial charge on any atom is 0.191 e. The molecule has 0 radical (unpaired) electrons. The van der Waals surface area contributed by atoms with Crippen LogP contribution in [0.3, 0.4) is 0 Å². The Hall–Kier alpha value is -2.66. The maximum absolute atomic E-state index is 5.27. The Labute approximate surface area is 167 Å². The molecule has 2 aromatic rings. The summed E-state index contributed by atoms with van der Waals surface area (Å²) in [6.45, 7) is 9.84.